The Kier molecular flexibility index (Phi) is 3.20. The summed E-state index contributed by atoms with van der Waals surface area (Å²) in [6.07, 6.45) is 1.04. The third-order valence-corrected chi connectivity index (χ3v) is 2.88. The van der Waals surface area contributed by atoms with Crippen LogP contribution in [0.3, 0.4) is 0 Å². The van der Waals surface area contributed by atoms with E-state index in [2.05, 4.69) is 42.2 Å². The smallest absolute Gasteiger partial charge is 0.0705 e. The minimum Gasteiger partial charge on any atom is -0.330 e. The standard InChI is InChI=1S/C14H18N2/c1-10(9-15)7-12-4-6-14-13(8-12)5-3-11(2)16-14/h3-6,8,10H,7,9,15H2,1-2H3. The van der Waals surface area contributed by atoms with Gasteiger partial charge in [-0.25, -0.2) is 0 Å². The zero-order chi connectivity index (χ0) is 11.5. The van der Waals surface area contributed by atoms with Crippen molar-refractivity contribution in [2.45, 2.75) is 20.3 Å². The van der Waals surface area contributed by atoms with Gasteiger partial charge in [0, 0.05) is 11.1 Å². The van der Waals surface area contributed by atoms with E-state index in [1.807, 2.05) is 6.92 Å². The Bertz CT molecular complexity index is 491. The average Bonchev–Trinajstić information content (AvgIpc) is 2.29. The highest BCUT2D eigenvalue weighted by atomic mass is 14.7. The van der Waals surface area contributed by atoms with Crippen LogP contribution in [0, 0.1) is 12.8 Å². The second-order valence-electron chi connectivity index (χ2n) is 4.52. The lowest BCUT2D eigenvalue weighted by atomic mass is 10.00. The lowest BCUT2D eigenvalue weighted by Crippen LogP contribution is -2.12. The molecule has 0 aliphatic carbocycles. The highest BCUT2D eigenvalue weighted by molar-refractivity contribution is 5.79. The second kappa shape index (κ2) is 4.62. The molecule has 1 aromatic carbocycles. The van der Waals surface area contributed by atoms with Gasteiger partial charge in [0.1, 0.15) is 0 Å². The van der Waals surface area contributed by atoms with Crippen LogP contribution in [-0.2, 0) is 6.42 Å². The summed E-state index contributed by atoms with van der Waals surface area (Å²) in [6, 6.07) is 10.7. The van der Waals surface area contributed by atoms with E-state index in [-0.39, 0.29) is 0 Å². The Labute approximate surface area is 96.5 Å². The zero-order valence-electron chi connectivity index (χ0n) is 9.90. The number of hydrogen-bond donors (Lipinski definition) is 1. The topological polar surface area (TPSA) is 38.9 Å². The fraction of sp³-hybridized carbons (Fsp3) is 0.357. The first kappa shape index (κ1) is 11.1. The molecule has 1 unspecified atom stereocenters. The van der Waals surface area contributed by atoms with E-state index in [9.17, 15) is 0 Å². The Hall–Kier alpha value is -1.41. The molecule has 2 heteroatoms. The predicted octanol–water partition coefficient (Wildman–Crippen LogP) is 2.68. The molecular weight excluding hydrogens is 196 g/mol. The molecular formula is C14H18N2. The van der Waals surface area contributed by atoms with Gasteiger partial charge in [0.05, 0.1) is 5.52 Å². The SMILES string of the molecule is Cc1ccc2cc(CC(C)CN)ccc2n1. The normalized spacial score (nSPS) is 12.9. The number of aryl methyl sites for hydroxylation is 1. The van der Waals surface area contributed by atoms with Crippen molar-refractivity contribution in [2.75, 3.05) is 6.54 Å². The first-order chi connectivity index (χ1) is 7.69. The van der Waals surface area contributed by atoms with Gasteiger partial charge in [0.25, 0.3) is 0 Å². The molecule has 2 N–H and O–H groups in total. The number of rotatable bonds is 3. The lowest BCUT2D eigenvalue weighted by molar-refractivity contribution is 0.593. The molecule has 0 aliphatic heterocycles. The van der Waals surface area contributed by atoms with E-state index in [1.165, 1.54) is 10.9 Å². The molecule has 0 amide bonds. The van der Waals surface area contributed by atoms with Crippen LogP contribution in [0.1, 0.15) is 18.2 Å². The van der Waals surface area contributed by atoms with Crippen LogP contribution in [0.4, 0.5) is 0 Å². The maximum atomic E-state index is 5.64. The van der Waals surface area contributed by atoms with Crippen molar-refractivity contribution in [2.24, 2.45) is 11.7 Å². The summed E-state index contributed by atoms with van der Waals surface area (Å²) in [5.41, 5.74) is 9.12. The van der Waals surface area contributed by atoms with Gasteiger partial charge in [-0.3, -0.25) is 4.98 Å². The van der Waals surface area contributed by atoms with E-state index in [4.69, 9.17) is 5.73 Å². The fourth-order valence-corrected chi connectivity index (χ4v) is 1.89. The Balaban J connectivity index is 2.33. The van der Waals surface area contributed by atoms with Gasteiger partial charge in [-0.2, -0.15) is 0 Å². The summed E-state index contributed by atoms with van der Waals surface area (Å²) < 4.78 is 0. The minimum atomic E-state index is 0.538. The highest BCUT2D eigenvalue weighted by Crippen LogP contribution is 2.16. The summed E-state index contributed by atoms with van der Waals surface area (Å²) in [4.78, 5) is 4.49. The summed E-state index contributed by atoms with van der Waals surface area (Å²) >= 11 is 0. The van der Waals surface area contributed by atoms with Gasteiger partial charge < -0.3 is 5.73 Å². The summed E-state index contributed by atoms with van der Waals surface area (Å²) in [7, 11) is 0. The van der Waals surface area contributed by atoms with Crippen molar-refractivity contribution in [3.8, 4) is 0 Å². The summed E-state index contributed by atoms with van der Waals surface area (Å²) in [5.74, 6) is 0.538. The Morgan fingerprint density at radius 2 is 2.06 bits per heavy atom. The highest BCUT2D eigenvalue weighted by Gasteiger charge is 2.03. The first-order valence-corrected chi connectivity index (χ1v) is 5.75. The summed E-state index contributed by atoms with van der Waals surface area (Å²) in [6.45, 7) is 4.94. The number of hydrogen-bond acceptors (Lipinski definition) is 2. The maximum absolute atomic E-state index is 5.64. The molecule has 1 aromatic heterocycles. The van der Waals surface area contributed by atoms with E-state index >= 15 is 0 Å². The monoisotopic (exact) mass is 214 g/mol. The molecule has 84 valence electrons. The van der Waals surface area contributed by atoms with Crippen molar-refractivity contribution in [1.29, 1.82) is 0 Å². The predicted molar refractivity (Wildman–Crippen MR) is 68.4 cm³/mol. The molecule has 0 aliphatic rings. The number of fused-ring (bicyclic) bond motifs is 1. The van der Waals surface area contributed by atoms with Crippen LogP contribution in [-0.4, -0.2) is 11.5 Å². The number of benzene rings is 1. The Morgan fingerprint density at radius 3 is 2.81 bits per heavy atom. The molecule has 0 fully saturated rings. The third kappa shape index (κ3) is 2.39. The van der Waals surface area contributed by atoms with E-state index in [0.717, 1.165) is 24.2 Å². The molecule has 0 radical (unpaired) electrons. The molecule has 0 spiro atoms. The van der Waals surface area contributed by atoms with Crippen LogP contribution in [0.15, 0.2) is 30.3 Å². The first-order valence-electron chi connectivity index (χ1n) is 5.75. The largest absolute Gasteiger partial charge is 0.330 e. The lowest BCUT2D eigenvalue weighted by Gasteiger charge is -2.09. The molecule has 1 heterocycles. The summed E-state index contributed by atoms with van der Waals surface area (Å²) in [5, 5.41) is 1.22. The van der Waals surface area contributed by atoms with Crippen molar-refractivity contribution >= 4 is 10.9 Å². The number of aromatic nitrogens is 1. The van der Waals surface area contributed by atoms with Crippen LogP contribution < -0.4 is 5.73 Å². The van der Waals surface area contributed by atoms with Crippen molar-refractivity contribution in [3.63, 3.8) is 0 Å². The Morgan fingerprint density at radius 1 is 1.25 bits per heavy atom. The van der Waals surface area contributed by atoms with Gasteiger partial charge in [-0.1, -0.05) is 19.1 Å². The molecule has 2 aromatic rings. The van der Waals surface area contributed by atoms with Crippen LogP contribution in [0.2, 0.25) is 0 Å². The molecule has 0 saturated carbocycles. The van der Waals surface area contributed by atoms with Crippen LogP contribution in [0.5, 0.6) is 0 Å². The number of pyridine rings is 1. The van der Waals surface area contributed by atoms with Crippen LogP contribution >= 0.6 is 0 Å². The average molecular weight is 214 g/mol. The molecule has 2 nitrogen and oxygen atoms in total. The fourth-order valence-electron chi connectivity index (χ4n) is 1.89. The van der Waals surface area contributed by atoms with Gasteiger partial charge in [-0.15, -0.1) is 0 Å². The minimum absolute atomic E-state index is 0.538. The maximum Gasteiger partial charge on any atom is 0.0705 e. The quantitative estimate of drug-likeness (QED) is 0.853. The van der Waals surface area contributed by atoms with Gasteiger partial charge in [0.2, 0.25) is 0 Å². The van der Waals surface area contributed by atoms with Gasteiger partial charge in [-0.05, 0) is 49.6 Å². The van der Waals surface area contributed by atoms with E-state index in [0.29, 0.717) is 5.92 Å². The van der Waals surface area contributed by atoms with Gasteiger partial charge >= 0.3 is 0 Å². The number of nitrogens with two attached hydrogens (primary N) is 1. The molecule has 2 rings (SSSR count). The zero-order valence-corrected chi connectivity index (χ0v) is 9.90. The van der Waals surface area contributed by atoms with Crippen molar-refractivity contribution < 1.29 is 0 Å². The van der Waals surface area contributed by atoms with Crippen molar-refractivity contribution in [3.05, 3.63) is 41.6 Å². The third-order valence-electron chi connectivity index (χ3n) is 2.88. The molecule has 0 bridgehead atoms. The van der Waals surface area contributed by atoms with E-state index < -0.39 is 0 Å². The molecule has 16 heavy (non-hydrogen) atoms. The van der Waals surface area contributed by atoms with E-state index in [1.54, 1.807) is 0 Å². The second-order valence-corrected chi connectivity index (χ2v) is 4.52. The number of nitrogens with zero attached hydrogens (tertiary/aromatic N) is 1. The molecule has 0 saturated heterocycles. The van der Waals surface area contributed by atoms with Crippen molar-refractivity contribution in [1.82, 2.24) is 4.98 Å². The van der Waals surface area contributed by atoms with Crippen LogP contribution in [0.25, 0.3) is 10.9 Å². The molecule has 1 atom stereocenters. The van der Waals surface area contributed by atoms with Gasteiger partial charge in [0.15, 0.2) is 0 Å².